The lowest BCUT2D eigenvalue weighted by Crippen LogP contribution is -2.32. The lowest BCUT2D eigenvalue weighted by atomic mass is 10.1. The summed E-state index contributed by atoms with van der Waals surface area (Å²) < 4.78 is 5.21. The van der Waals surface area contributed by atoms with Crippen LogP contribution in [0, 0.1) is 0 Å². The highest BCUT2D eigenvalue weighted by atomic mass is 16.5. The van der Waals surface area contributed by atoms with Gasteiger partial charge in [0.25, 0.3) is 0 Å². The maximum Gasteiger partial charge on any atom is 0.356 e. The Kier molecular flexibility index (Phi) is 3.78. The van der Waals surface area contributed by atoms with Crippen LogP contribution in [0.1, 0.15) is 24.3 Å². The van der Waals surface area contributed by atoms with Gasteiger partial charge in [0.15, 0.2) is 5.69 Å². The van der Waals surface area contributed by atoms with Gasteiger partial charge in [0.05, 0.1) is 18.0 Å². The standard InChI is InChI=1S/C10H15N3O3/c1-10(2,16-3)6-12-8-5-11-4-7(13-8)9(14)15/h4-5H,6H2,1-3H3,(H,12,13)(H,14,15). The lowest BCUT2D eigenvalue weighted by molar-refractivity contribution is 0.0343. The highest BCUT2D eigenvalue weighted by molar-refractivity contribution is 5.85. The van der Waals surface area contributed by atoms with Crippen molar-refractivity contribution in [3.8, 4) is 0 Å². The predicted octanol–water partition coefficient (Wildman–Crippen LogP) is 1.01. The number of anilines is 1. The van der Waals surface area contributed by atoms with Gasteiger partial charge in [0, 0.05) is 13.7 Å². The predicted molar refractivity (Wildman–Crippen MR) is 58.6 cm³/mol. The molecule has 0 amide bonds. The molecule has 0 aromatic carbocycles. The van der Waals surface area contributed by atoms with Crippen LogP contribution in [0.25, 0.3) is 0 Å². The zero-order valence-electron chi connectivity index (χ0n) is 9.52. The SMILES string of the molecule is COC(C)(C)CNc1cncc(C(=O)O)n1. The third-order valence-corrected chi connectivity index (χ3v) is 2.10. The van der Waals surface area contributed by atoms with E-state index in [2.05, 4.69) is 15.3 Å². The number of carboxylic acid groups (broad SMARTS) is 1. The minimum atomic E-state index is -1.10. The number of nitrogens with zero attached hydrogens (tertiary/aromatic N) is 2. The van der Waals surface area contributed by atoms with Crippen LogP contribution >= 0.6 is 0 Å². The topological polar surface area (TPSA) is 84.3 Å². The largest absolute Gasteiger partial charge is 0.476 e. The van der Waals surface area contributed by atoms with Crippen LogP contribution in [0.3, 0.4) is 0 Å². The molecule has 0 aliphatic heterocycles. The van der Waals surface area contributed by atoms with Gasteiger partial charge in [0.2, 0.25) is 0 Å². The molecule has 6 nitrogen and oxygen atoms in total. The van der Waals surface area contributed by atoms with Crippen molar-refractivity contribution < 1.29 is 14.6 Å². The van der Waals surface area contributed by atoms with Crippen molar-refractivity contribution in [3.05, 3.63) is 18.1 Å². The average molecular weight is 225 g/mol. The first kappa shape index (κ1) is 12.4. The normalized spacial score (nSPS) is 11.2. The Balaban J connectivity index is 2.68. The van der Waals surface area contributed by atoms with E-state index in [4.69, 9.17) is 9.84 Å². The van der Waals surface area contributed by atoms with Crippen molar-refractivity contribution in [1.29, 1.82) is 0 Å². The average Bonchev–Trinajstić information content (AvgIpc) is 2.27. The van der Waals surface area contributed by atoms with Gasteiger partial charge in [-0.25, -0.2) is 9.78 Å². The van der Waals surface area contributed by atoms with Crippen LogP contribution in [0.2, 0.25) is 0 Å². The Bertz CT molecular complexity index is 379. The van der Waals surface area contributed by atoms with Crippen molar-refractivity contribution in [3.63, 3.8) is 0 Å². The van der Waals surface area contributed by atoms with Crippen molar-refractivity contribution in [2.45, 2.75) is 19.4 Å². The molecule has 1 rings (SSSR count). The van der Waals surface area contributed by atoms with Gasteiger partial charge in [-0.2, -0.15) is 0 Å². The second kappa shape index (κ2) is 4.89. The monoisotopic (exact) mass is 225 g/mol. The number of rotatable bonds is 5. The van der Waals surface area contributed by atoms with Gasteiger partial charge in [-0.1, -0.05) is 0 Å². The number of nitrogens with one attached hydrogen (secondary N) is 1. The van der Waals surface area contributed by atoms with Crippen LogP contribution in [0.15, 0.2) is 12.4 Å². The van der Waals surface area contributed by atoms with E-state index in [9.17, 15) is 4.79 Å². The van der Waals surface area contributed by atoms with E-state index >= 15 is 0 Å². The minimum absolute atomic E-state index is 0.0831. The van der Waals surface area contributed by atoms with Gasteiger partial charge >= 0.3 is 5.97 Å². The summed E-state index contributed by atoms with van der Waals surface area (Å²) in [5, 5.41) is 11.7. The molecule has 1 heterocycles. The number of ether oxygens (including phenoxy) is 1. The molecule has 1 aromatic rings. The van der Waals surface area contributed by atoms with Gasteiger partial charge in [-0.3, -0.25) is 4.98 Å². The highest BCUT2D eigenvalue weighted by Gasteiger charge is 2.16. The Labute approximate surface area is 93.7 Å². The number of aromatic nitrogens is 2. The second-order valence-corrected chi connectivity index (χ2v) is 3.91. The Morgan fingerprint density at radius 3 is 2.81 bits per heavy atom. The first-order chi connectivity index (χ1) is 7.44. The Morgan fingerprint density at radius 1 is 1.56 bits per heavy atom. The molecule has 0 saturated carbocycles. The fraction of sp³-hybridized carbons (Fsp3) is 0.500. The quantitative estimate of drug-likeness (QED) is 0.778. The number of carbonyl (C=O) groups is 1. The molecule has 6 heteroatoms. The van der Waals surface area contributed by atoms with Crippen molar-refractivity contribution >= 4 is 11.8 Å². The van der Waals surface area contributed by atoms with Crippen molar-refractivity contribution in [1.82, 2.24) is 9.97 Å². The minimum Gasteiger partial charge on any atom is -0.476 e. The first-order valence-electron chi connectivity index (χ1n) is 4.79. The molecule has 0 atom stereocenters. The highest BCUT2D eigenvalue weighted by Crippen LogP contribution is 2.09. The van der Waals surface area contributed by atoms with Crippen molar-refractivity contribution in [2.24, 2.45) is 0 Å². The van der Waals surface area contributed by atoms with E-state index in [1.165, 1.54) is 12.4 Å². The van der Waals surface area contributed by atoms with E-state index in [-0.39, 0.29) is 11.3 Å². The molecule has 0 saturated heterocycles. The zero-order valence-corrected chi connectivity index (χ0v) is 9.52. The third-order valence-electron chi connectivity index (χ3n) is 2.10. The van der Waals surface area contributed by atoms with Crippen LogP contribution in [0.4, 0.5) is 5.82 Å². The summed E-state index contributed by atoms with van der Waals surface area (Å²) in [6.07, 6.45) is 2.67. The van der Waals surface area contributed by atoms with Crippen LogP contribution in [-0.4, -0.2) is 40.3 Å². The molecule has 0 aliphatic carbocycles. The van der Waals surface area contributed by atoms with E-state index < -0.39 is 5.97 Å². The third kappa shape index (κ3) is 3.47. The summed E-state index contributed by atoms with van der Waals surface area (Å²) in [7, 11) is 1.61. The second-order valence-electron chi connectivity index (χ2n) is 3.91. The van der Waals surface area contributed by atoms with E-state index in [0.29, 0.717) is 12.4 Å². The maximum atomic E-state index is 10.7. The fourth-order valence-electron chi connectivity index (χ4n) is 0.930. The number of carboxylic acids is 1. The zero-order chi connectivity index (χ0) is 12.2. The van der Waals surface area contributed by atoms with Gasteiger partial charge in [-0.05, 0) is 13.8 Å². The van der Waals surface area contributed by atoms with Gasteiger partial charge < -0.3 is 15.2 Å². The summed E-state index contributed by atoms with van der Waals surface area (Å²) >= 11 is 0. The summed E-state index contributed by atoms with van der Waals surface area (Å²) in [4.78, 5) is 18.3. The molecule has 0 radical (unpaired) electrons. The molecule has 0 spiro atoms. The number of methoxy groups -OCH3 is 1. The summed E-state index contributed by atoms with van der Waals surface area (Å²) in [5.74, 6) is -0.674. The van der Waals surface area contributed by atoms with E-state index in [0.717, 1.165) is 0 Å². The number of hydrogen-bond acceptors (Lipinski definition) is 5. The summed E-state index contributed by atoms with van der Waals surface area (Å²) in [6.45, 7) is 4.34. The van der Waals surface area contributed by atoms with E-state index in [1.54, 1.807) is 7.11 Å². The molecule has 0 bridgehead atoms. The molecular formula is C10H15N3O3. The lowest BCUT2D eigenvalue weighted by Gasteiger charge is -2.23. The Morgan fingerprint density at radius 2 is 2.25 bits per heavy atom. The summed E-state index contributed by atoms with van der Waals surface area (Å²) in [5.41, 5.74) is -0.429. The smallest absolute Gasteiger partial charge is 0.356 e. The molecule has 0 unspecified atom stereocenters. The molecule has 0 aliphatic rings. The van der Waals surface area contributed by atoms with Crippen molar-refractivity contribution in [2.75, 3.05) is 19.0 Å². The molecular weight excluding hydrogens is 210 g/mol. The molecule has 2 N–H and O–H groups in total. The van der Waals surface area contributed by atoms with Crippen LogP contribution in [0.5, 0.6) is 0 Å². The van der Waals surface area contributed by atoms with E-state index in [1.807, 2.05) is 13.8 Å². The molecule has 16 heavy (non-hydrogen) atoms. The maximum absolute atomic E-state index is 10.7. The number of hydrogen-bond donors (Lipinski definition) is 2. The Hall–Kier alpha value is -1.69. The van der Waals surface area contributed by atoms with Gasteiger partial charge in [-0.15, -0.1) is 0 Å². The van der Waals surface area contributed by atoms with Crippen LogP contribution in [-0.2, 0) is 4.74 Å². The molecule has 0 fully saturated rings. The fourth-order valence-corrected chi connectivity index (χ4v) is 0.930. The van der Waals surface area contributed by atoms with Gasteiger partial charge in [0.1, 0.15) is 5.82 Å². The van der Waals surface area contributed by atoms with Crippen LogP contribution < -0.4 is 5.32 Å². The number of aromatic carboxylic acids is 1. The first-order valence-corrected chi connectivity index (χ1v) is 4.79. The summed E-state index contributed by atoms with van der Waals surface area (Å²) in [6, 6.07) is 0. The molecule has 88 valence electrons. The molecule has 1 aromatic heterocycles.